The Kier molecular flexibility index (Phi) is 9.11. The molecule has 2 aliphatic carbocycles. The Bertz CT molecular complexity index is 4570. The summed E-state index contributed by atoms with van der Waals surface area (Å²) in [6.07, 6.45) is 0.802. The Balaban J connectivity index is 0.933. The predicted molar refractivity (Wildman–Crippen MR) is 313 cm³/mol. The molecule has 1 atom stereocenters. The molecule has 0 radical (unpaired) electrons. The smallest absolute Gasteiger partial charge is 0.0728 e. The van der Waals surface area contributed by atoms with Crippen LogP contribution < -0.4 is 0 Å². The third kappa shape index (κ3) is 6.02. The van der Waals surface area contributed by atoms with Gasteiger partial charge in [0.05, 0.1) is 33.2 Å². The van der Waals surface area contributed by atoms with Gasteiger partial charge in [-0.1, -0.05) is 231 Å². The van der Waals surface area contributed by atoms with Crippen LogP contribution >= 0.6 is 0 Å². The van der Waals surface area contributed by atoms with Crippen molar-refractivity contribution in [2.75, 3.05) is 0 Å². The lowest BCUT2D eigenvalue weighted by Crippen LogP contribution is -2.28. The molecule has 12 aromatic carbocycles. The molecule has 0 saturated carbocycles. The highest BCUT2D eigenvalue weighted by molar-refractivity contribution is 6.12. The van der Waals surface area contributed by atoms with Crippen molar-refractivity contribution in [3.05, 3.63) is 312 Å². The SMILES string of the molecule is c1ccc(-n2c3ccccc3c3ccc(CC(c4cccc(-c5ccc6c7ccccc7n(-c7cccc8ccccc78)c6c5)c4)c4cccc5c4C4(c6ccccc6-c6ccccc64)c4ccccc4-5)cc32)cc1. The van der Waals surface area contributed by atoms with E-state index in [4.69, 9.17) is 0 Å². The van der Waals surface area contributed by atoms with E-state index in [2.05, 4.69) is 282 Å². The first-order valence-electron chi connectivity index (χ1n) is 26.3. The summed E-state index contributed by atoms with van der Waals surface area (Å²) in [5, 5.41) is 7.51. The molecule has 1 unspecified atom stereocenters. The molecule has 1 spiro atoms. The van der Waals surface area contributed by atoms with E-state index in [0.29, 0.717) is 0 Å². The van der Waals surface area contributed by atoms with Gasteiger partial charge in [0.15, 0.2) is 0 Å². The highest BCUT2D eigenvalue weighted by Crippen LogP contribution is 2.64. The van der Waals surface area contributed by atoms with Crippen molar-refractivity contribution in [2.24, 2.45) is 0 Å². The Morgan fingerprint density at radius 1 is 0.333 bits per heavy atom. The monoisotopic (exact) mass is 952 g/mol. The second-order valence-corrected chi connectivity index (χ2v) is 20.7. The van der Waals surface area contributed by atoms with E-state index >= 15 is 0 Å². The second kappa shape index (κ2) is 16.3. The molecule has 2 nitrogen and oxygen atoms in total. The fraction of sp³-hybridized carbons (Fsp3) is 0.0411. The summed E-state index contributed by atoms with van der Waals surface area (Å²) < 4.78 is 4.94. The van der Waals surface area contributed by atoms with Crippen molar-refractivity contribution in [2.45, 2.75) is 17.8 Å². The molecule has 0 amide bonds. The normalized spacial score (nSPS) is 13.4. The maximum atomic E-state index is 2.50. The van der Waals surface area contributed by atoms with Crippen LogP contribution in [-0.2, 0) is 11.8 Å². The molecule has 75 heavy (non-hydrogen) atoms. The first kappa shape index (κ1) is 42.1. The van der Waals surface area contributed by atoms with Gasteiger partial charge in [-0.2, -0.15) is 0 Å². The van der Waals surface area contributed by atoms with Crippen LogP contribution in [0.5, 0.6) is 0 Å². The number of hydrogen-bond donors (Lipinski definition) is 0. The average Bonchev–Trinajstić information content (AvgIpc) is 4.37. The number of fused-ring (bicyclic) bond motifs is 17. The van der Waals surface area contributed by atoms with Crippen molar-refractivity contribution < 1.29 is 0 Å². The third-order valence-corrected chi connectivity index (χ3v) is 16.9. The first-order chi connectivity index (χ1) is 37.2. The number of hydrogen-bond acceptors (Lipinski definition) is 0. The molecule has 0 fully saturated rings. The summed E-state index contributed by atoms with van der Waals surface area (Å²) in [6.45, 7) is 0. The molecule has 2 aromatic heterocycles. The number of aromatic nitrogens is 2. The maximum Gasteiger partial charge on any atom is 0.0728 e. The average molecular weight is 953 g/mol. The van der Waals surface area contributed by atoms with Gasteiger partial charge in [0.2, 0.25) is 0 Å². The Hall–Kier alpha value is -9.50. The van der Waals surface area contributed by atoms with Gasteiger partial charge < -0.3 is 9.13 Å². The van der Waals surface area contributed by atoms with Gasteiger partial charge in [-0.3, -0.25) is 0 Å². The fourth-order valence-corrected chi connectivity index (χ4v) is 13.9. The molecule has 14 aromatic rings. The number of benzene rings is 12. The lowest BCUT2D eigenvalue weighted by Gasteiger charge is -2.34. The van der Waals surface area contributed by atoms with E-state index in [-0.39, 0.29) is 5.92 Å². The molecule has 0 N–H and O–H groups in total. The summed E-state index contributed by atoms with van der Waals surface area (Å²) in [6, 6.07) is 103. The second-order valence-electron chi connectivity index (χ2n) is 20.7. The van der Waals surface area contributed by atoms with Crippen molar-refractivity contribution in [3.63, 3.8) is 0 Å². The maximum absolute atomic E-state index is 2.50. The molecule has 0 bridgehead atoms. The molecule has 2 heterocycles. The van der Waals surface area contributed by atoms with Gasteiger partial charge in [0.1, 0.15) is 0 Å². The standard InChI is InChI=1S/C73H48N2/c1-2-23-52(24-3-1)74-68-36-14-9-29-57(68)59-41-39-47(44-70(59)74)43-63(62-32-18-31-61-56-28-8-13-35-66(56)73(72(61)62)64-33-11-6-26-54(64)55-27-7-12-34-65(55)73)51-22-16-21-49(45-51)50-40-42-60-58-30-10-15-37-69(58)75(71(60)46-50)67-38-17-20-48-19-4-5-25-53(48)67/h1-42,44-46,63H,43H2. The van der Waals surface area contributed by atoms with Crippen molar-refractivity contribution in [3.8, 4) is 44.8 Å². The molecule has 350 valence electrons. The summed E-state index contributed by atoms with van der Waals surface area (Å²) >= 11 is 0. The van der Waals surface area contributed by atoms with E-state index < -0.39 is 5.41 Å². The summed E-state index contributed by atoms with van der Waals surface area (Å²) in [5.74, 6) is -0.0103. The molecule has 16 rings (SSSR count). The lowest BCUT2D eigenvalue weighted by atomic mass is 9.67. The topological polar surface area (TPSA) is 9.86 Å². The van der Waals surface area contributed by atoms with Crippen molar-refractivity contribution in [1.29, 1.82) is 0 Å². The minimum absolute atomic E-state index is 0.0103. The zero-order valence-corrected chi connectivity index (χ0v) is 41.2. The van der Waals surface area contributed by atoms with E-state index in [1.807, 2.05) is 0 Å². The van der Waals surface area contributed by atoms with Crippen LogP contribution in [0.3, 0.4) is 0 Å². The zero-order chi connectivity index (χ0) is 49.2. The molecule has 0 saturated heterocycles. The van der Waals surface area contributed by atoms with E-state index in [9.17, 15) is 0 Å². The van der Waals surface area contributed by atoms with Gasteiger partial charge in [0, 0.05) is 38.5 Å². The minimum Gasteiger partial charge on any atom is -0.309 e. The van der Waals surface area contributed by atoms with E-state index in [1.54, 1.807) is 0 Å². The summed E-state index contributed by atoms with van der Waals surface area (Å²) in [7, 11) is 0. The number of para-hydroxylation sites is 3. The predicted octanol–water partition coefficient (Wildman–Crippen LogP) is 18.4. The Morgan fingerprint density at radius 2 is 0.853 bits per heavy atom. The Morgan fingerprint density at radius 3 is 1.59 bits per heavy atom. The van der Waals surface area contributed by atoms with E-state index in [0.717, 1.165) is 6.42 Å². The van der Waals surface area contributed by atoms with Crippen LogP contribution in [0, 0.1) is 0 Å². The fourth-order valence-electron chi connectivity index (χ4n) is 13.9. The molecular weight excluding hydrogens is 905 g/mol. The van der Waals surface area contributed by atoms with Crippen LogP contribution in [0.25, 0.3) is 99.1 Å². The van der Waals surface area contributed by atoms with Crippen LogP contribution in [-0.4, -0.2) is 9.13 Å². The quantitative estimate of drug-likeness (QED) is 0.151. The highest BCUT2D eigenvalue weighted by atomic mass is 15.0. The van der Waals surface area contributed by atoms with Crippen molar-refractivity contribution in [1.82, 2.24) is 9.13 Å². The van der Waals surface area contributed by atoms with Crippen LogP contribution in [0.1, 0.15) is 44.9 Å². The molecule has 0 aliphatic heterocycles. The van der Waals surface area contributed by atoms with Gasteiger partial charge >= 0.3 is 0 Å². The summed E-state index contributed by atoms with van der Waals surface area (Å²) in [4.78, 5) is 0. The van der Waals surface area contributed by atoms with Crippen LogP contribution in [0.15, 0.2) is 273 Å². The minimum atomic E-state index is -0.491. The zero-order valence-electron chi connectivity index (χ0n) is 41.2. The molecule has 2 heteroatoms. The molecular formula is C73H48N2. The summed E-state index contributed by atoms with van der Waals surface area (Å²) in [5.41, 5.74) is 23.8. The van der Waals surface area contributed by atoms with Gasteiger partial charge in [-0.15, -0.1) is 0 Å². The molecule has 2 aliphatic rings. The van der Waals surface area contributed by atoms with Gasteiger partial charge in [-0.05, 0) is 127 Å². The van der Waals surface area contributed by atoms with E-state index in [1.165, 1.54) is 138 Å². The van der Waals surface area contributed by atoms with Gasteiger partial charge in [0.25, 0.3) is 0 Å². The highest BCUT2D eigenvalue weighted by Gasteiger charge is 2.53. The van der Waals surface area contributed by atoms with Gasteiger partial charge in [-0.25, -0.2) is 0 Å². The first-order valence-corrected chi connectivity index (χ1v) is 26.3. The lowest BCUT2D eigenvalue weighted by molar-refractivity contribution is 0.735. The largest absolute Gasteiger partial charge is 0.309 e. The van der Waals surface area contributed by atoms with Crippen LogP contribution in [0.4, 0.5) is 0 Å². The Labute approximate surface area is 435 Å². The third-order valence-electron chi connectivity index (χ3n) is 16.9. The number of nitrogens with zero attached hydrogens (tertiary/aromatic N) is 2. The van der Waals surface area contributed by atoms with Crippen molar-refractivity contribution >= 4 is 54.4 Å². The number of rotatable bonds is 7. The van der Waals surface area contributed by atoms with Crippen LogP contribution in [0.2, 0.25) is 0 Å².